The van der Waals surface area contributed by atoms with Crippen LogP contribution in [-0.2, 0) is 6.61 Å². The molecule has 2 rings (SSSR count). The zero-order chi connectivity index (χ0) is 14.7. The molecule has 0 atom stereocenters. The van der Waals surface area contributed by atoms with Crippen molar-refractivity contribution in [3.63, 3.8) is 0 Å². The van der Waals surface area contributed by atoms with Crippen molar-refractivity contribution in [2.75, 3.05) is 0 Å². The Morgan fingerprint density at radius 2 is 2.25 bits per heavy atom. The Morgan fingerprint density at radius 1 is 1.50 bits per heavy atom. The van der Waals surface area contributed by atoms with Gasteiger partial charge in [0.25, 0.3) is 0 Å². The van der Waals surface area contributed by atoms with E-state index in [4.69, 9.17) is 26.6 Å². The van der Waals surface area contributed by atoms with E-state index in [9.17, 15) is 9.18 Å². The Hall–Kier alpha value is -2.05. The summed E-state index contributed by atoms with van der Waals surface area (Å²) in [6.07, 6.45) is 0. The Balaban J connectivity index is 2.11. The lowest BCUT2D eigenvalue weighted by Gasteiger charge is -2.07. The predicted molar refractivity (Wildman–Crippen MR) is 70.8 cm³/mol. The minimum atomic E-state index is -0.529. The lowest BCUT2D eigenvalue weighted by atomic mass is 10.2. The summed E-state index contributed by atoms with van der Waals surface area (Å²) >= 11 is 5.84. The van der Waals surface area contributed by atoms with E-state index in [-0.39, 0.29) is 17.4 Å². The van der Waals surface area contributed by atoms with Gasteiger partial charge >= 0.3 is 5.91 Å². The molecule has 1 heterocycles. The molecule has 2 aromatic rings. The van der Waals surface area contributed by atoms with Crippen molar-refractivity contribution in [3.8, 4) is 5.75 Å². The number of carbonyl (C=O) groups is 1. The molecule has 0 unspecified atom stereocenters. The van der Waals surface area contributed by atoms with Crippen LogP contribution < -0.4 is 16.0 Å². The summed E-state index contributed by atoms with van der Waals surface area (Å²) in [6, 6.07) is 5.36. The molecule has 1 aromatic heterocycles. The van der Waals surface area contributed by atoms with Crippen LogP contribution in [0.3, 0.4) is 0 Å². The minimum absolute atomic E-state index is 0.0915. The predicted octanol–water partition coefficient (Wildman–Crippen LogP) is 2.56. The Morgan fingerprint density at radius 3 is 2.90 bits per heavy atom. The number of ether oxygens (including phenoxy) is 1. The number of hydrazine groups is 1. The standard InChI is InChI=1S/C13H12ClFN2O3/c1-7-8(4-12(20-7)13(18)17-16)6-19-11-3-2-9(15)5-10(11)14/h2-5H,6,16H2,1H3,(H,17,18). The third kappa shape index (κ3) is 3.09. The van der Waals surface area contributed by atoms with Crippen LogP contribution in [0.2, 0.25) is 5.02 Å². The molecule has 0 aliphatic rings. The maximum atomic E-state index is 12.9. The number of nitrogens with one attached hydrogen (secondary N) is 1. The third-order valence-electron chi connectivity index (χ3n) is 2.65. The molecule has 5 nitrogen and oxygen atoms in total. The van der Waals surface area contributed by atoms with Gasteiger partial charge in [-0.15, -0.1) is 0 Å². The number of rotatable bonds is 4. The number of aryl methyl sites for hydroxylation is 1. The highest BCUT2D eigenvalue weighted by atomic mass is 35.5. The van der Waals surface area contributed by atoms with E-state index in [1.54, 1.807) is 6.92 Å². The largest absolute Gasteiger partial charge is 0.487 e. The number of nitrogens with two attached hydrogens (primary N) is 1. The monoisotopic (exact) mass is 298 g/mol. The second-order valence-corrected chi connectivity index (χ2v) is 4.44. The zero-order valence-electron chi connectivity index (χ0n) is 10.6. The molecule has 106 valence electrons. The van der Waals surface area contributed by atoms with E-state index < -0.39 is 11.7 Å². The fraction of sp³-hybridized carbons (Fsp3) is 0.154. The molecular weight excluding hydrogens is 287 g/mol. The molecule has 0 fully saturated rings. The van der Waals surface area contributed by atoms with Crippen molar-refractivity contribution in [2.45, 2.75) is 13.5 Å². The van der Waals surface area contributed by atoms with E-state index >= 15 is 0 Å². The van der Waals surface area contributed by atoms with Crippen LogP contribution in [-0.4, -0.2) is 5.91 Å². The molecule has 1 amide bonds. The first-order valence-electron chi connectivity index (χ1n) is 5.69. The van der Waals surface area contributed by atoms with Crippen LogP contribution in [0.4, 0.5) is 4.39 Å². The molecule has 0 bridgehead atoms. The lowest BCUT2D eigenvalue weighted by Crippen LogP contribution is -2.29. The summed E-state index contributed by atoms with van der Waals surface area (Å²) in [5.41, 5.74) is 2.65. The van der Waals surface area contributed by atoms with E-state index in [2.05, 4.69) is 0 Å². The van der Waals surface area contributed by atoms with Gasteiger partial charge in [-0.1, -0.05) is 11.6 Å². The SMILES string of the molecule is Cc1oc(C(=O)NN)cc1COc1ccc(F)cc1Cl. The Labute approximate surface area is 119 Å². The number of hydrogen-bond acceptors (Lipinski definition) is 4. The van der Waals surface area contributed by atoms with E-state index in [1.807, 2.05) is 5.43 Å². The highest BCUT2D eigenvalue weighted by Gasteiger charge is 2.14. The molecule has 0 aliphatic heterocycles. The van der Waals surface area contributed by atoms with Gasteiger partial charge in [-0.25, -0.2) is 10.2 Å². The number of hydrogen-bond donors (Lipinski definition) is 2. The van der Waals surface area contributed by atoms with E-state index in [0.717, 1.165) is 6.07 Å². The summed E-state index contributed by atoms with van der Waals surface area (Å²) in [4.78, 5) is 11.3. The first kappa shape index (κ1) is 14.4. The van der Waals surface area contributed by atoms with Crippen molar-refractivity contribution in [1.29, 1.82) is 0 Å². The van der Waals surface area contributed by atoms with Gasteiger partial charge in [0, 0.05) is 5.56 Å². The average molecular weight is 299 g/mol. The van der Waals surface area contributed by atoms with Gasteiger partial charge < -0.3 is 9.15 Å². The number of amides is 1. The first-order valence-corrected chi connectivity index (χ1v) is 6.07. The van der Waals surface area contributed by atoms with Crippen molar-refractivity contribution in [3.05, 3.63) is 52.2 Å². The van der Waals surface area contributed by atoms with Crippen LogP contribution in [0.5, 0.6) is 5.75 Å². The smallest absolute Gasteiger partial charge is 0.300 e. The molecular formula is C13H12ClFN2O3. The zero-order valence-corrected chi connectivity index (χ0v) is 11.3. The highest BCUT2D eigenvalue weighted by molar-refractivity contribution is 6.32. The van der Waals surface area contributed by atoms with Gasteiger partial charge in [0.2, 0.25) is 0 Å². The maximum Gasteiger partial charge on any atom is 0.300 e. The van der Waals surface area contributed by atoms with Crippen molar-refractivity contribution in [1.82, 2.24) is 5.43 Å². The third-order valence-corrected chi connectivity index (χ3v) is 2.95. The molecule has 0 saturated carbocycles. The maximum absolute atomic E-state index is 12.9. The quantitative estimate of drug-likeness (QED) is 0.516. The van der Waals surface area contributed by atoms with Gasteiger partial charge in [0.15, 0.2) is 5.76 Å². The topological polar surface area (TPSA) is 77.5 Å². The molecule has 7 heteroatoms. The van der Waals surface area contributed by atoms with Crippen molar-refractivity contribution >= 4 is 17.5 Å². The number of halogens is 2. The fourth-order valence-corrected chi connectivity index (χ4v) is 1.82. The molecule has 0 radical (unpaired) electrons. The van der Waals surface area contributed by atoms with Gasteiger partial charge in [-0.2, -0.15) is 0 Å². The van der Waals surface area contributed by atoms with Crippen molar-refractivity contribution < 1.29 is 18.3 Å². The molecule has 0 saturated heterocycles. The number of furan rings is 1. The molecule has 20 heavy (non-hydrogen) atoms. The molecule has 3 N–H and O–H groups in total. The molecule has 1 aromatic carbocycles. The van der Waals surface area contributed by atoms with E-state index in [0.29, 0.717) is 17.1 Å². The summed E-state index contributed by atoms with van der Waals surface area (Å²) in [5.74, 6) is 5.02. The lowest BCUT2D eigenvalue weighted by molar-refractivity contribution is 0.0924. The molecule has 0 spiro atoms. The van der Waals surface area contributed by atoms with Crippen LogP contribution in [0.25, 0.3) is 0 Å². The first-order chi connectivity index (χ1) is 9.51. The average Bonchev–Trinajstić information content (AvgIpc) is 2.78. The Kier molecular flexibility index (Phi) is 4.26. The summed E-state index contributed by atoms with van der Waals surface area (Å²) < 4.78 is 23.6. The van der Waals surface area contributed by atoms with Gasteiger partial charge in [0.05, 0.1) is 5.02 Å². The normalized spacial score (nSPS) is 10.4. The Bertz CT molecular complexity index is 643. The van der Waals surface area contributed by atoms with Crippen molar-refractivity contribution in [2.24, 2.45) is 5.84 Å². The van der Waals surface area contributed by atoms with Crippen LogP contribution >= 0.6 is 11.6 Å². The van der Waals surface area contributed by atoms with Crippen LogP contribution in [0, 0.1) is 12.7 Å². The second kappa shape index (κ2) is 5.94. The number of carbonyl (C=O) groups excluding carboxylic acids is 1. The highest BCUT2D eigenvalue weighted by Crippen LogP contribution is 2.26. The van der Waals surface area contributed by atoms with Crippen LogP contribution in [0.15, 0.2) is 28.7 Å². The fourth-order valence-electron chi connectivity index (χ4n) is 1.59. The van der Waals surface area contributed by atoms with Gasteiger partial charge in [0.1, 0.15) is 23.9 Å². The second-order valence-electron chi connectivity index (χ2n) is 4.03. The summed E-state index contributed by atoms with van der Waals surface area (Å²) in [5, 5.41) is 0.172. The van der Waals surface area contributed by atoms with Gasteiger partial charge in [-0.3, -0.25) is 10.2 Å². The number of benzene rings is 1. The van der Waals surface area contributed by atoms with E-state index in [1.165, 1.54) is 18.2 Å². The van der Waals surface area contributed by atoms with Gasteiger partial charge in [-0.05, 0) is 31.2 Å². The summed E-state index contributed by atoms with van der Waals surface area (Å²) in [6.45, 7) is 1.83. The number of nitrogen functional groups attached to an aromatic ring is 1. The molecule has 0 aliphatic carbocycles. The van der Waals surface area contributed by atoms with Crippen LogP contribution in [0.1, 0.15) is 21.9 Å². The summed E-state index contributed by atoms with van der Waals surface area (Å²) in [7, 11) is 0. The minimum Gasteiger partial charge on any atom is -0.487 e.